The van der Waals surface area contributed by atoms with Gasteiger partial charge in [0, 0.05) is 0 Å². The highest BCUT2D eigenvalue weighted by Crippen LogP contribution is 2.45. The van der Waals surface area contributed by atoms with Gasteiger partial charge < -0.3 is 23.4 Å². The van der Waals surface area contributed by atoms with Crippen LogP contribution >= 0.6 is 0 Å². The maximum Gasteiger partial charge on any atom is 0.192 e. The maximum absolute atomic E-state index is 6.27. The Morgan fingerprint density at radius 3 is 2.24 bits per heavy atom. The topological polar surface area (TPSA) is 46.2 Å². The monoisotopic (exact) mass is 316 g/mol. The normalized spacial score (nSPS) is 41.6. The van der Waals surface area contributed by atoms with Crippen molar-refractivity contribution in [3.8, 4) is 0 Å². The van der Waals surface area contributed by atoms with Crippen molar-refractivity contribution < 1.29 is 23.4 Å². The molecule has 0 aliphatic carbocycles. The molecule has 3 aliphatic rings. The molecule has 3 heterocycles. The van der Waals surface area contributed by atoms with E-state index in [1.54, 1.807) is 0 Å². The zero-order chi connectivity index (χ0) is 15.6. The molecule has 122 valence electrons. The number of ether oxygens (including phenoxy) is 4. The van der Waals surface area contributed by atoms with Gasteiger partial charge in [-0.25, -0.2) is 0 Å². The fourth-order valence-corrected chi connectivity index (χ4v) is 3.90. The minimum absolute atomic E-state index is 0.0354. The van der Waals surface area contributed by atoms with E-state index in [2.05, 4.69) is 33.9 Å². The van der Waals surface area contributed by atoms with Crippen LogP contribution in [0.4, 0.5) is 0 Å². The standard InChI is InChI=1S/C15H28O5Si/c1-14(2,3)21(6,7)16-8-9-10-11-12(13(17-9)18-10)20-15(4,5)19-11/h9-13H,8H2,1-7H3/t9-,10+,11+,12+,13+/m0/s1. The smallest absolute Gasteiger partial charge is 0.192 e. The predicted octanol–water partition coefficient (Wildman–Crippen LogP) is 2.65. The molecule has 5 nitrogen and oxygen atoms in total. The molecule has 3 rings (SSSR count). The van der Waals surface area contributed by atoms with Gasteiger partial charge in [0.15, 0.2) is 20.4 Å². The lowest BCUT2D eigenvalue weighted by molar-refractivity contribution is -0.193. The third kappa shape index (κ3) is 2.70. The minimum Gasteiger partial charge on any atom is -0.414 e. The van der Waals surface area contributed by atoms with E-state index in [4.69, 9.17) is 23.4 Å². The van der Waals surface area contributed by atoms with Crippen LogP contribution in [0.15, 0.2) is 0 Å². The molecule has 0 spiro atoms. The molecular weight excluding hydrogens is 288 g/mol. The van der Waals surface area contributed by atoms with Crippen LogP contribution < -0.4 is 0 Å². The molecule has 0 saturated carbocycles. The van der Waals surface area contributed by atoms with Crippen molar-refractivity contribution in [2.75, 3.05) is 6.61 Å². The first-order valence-corrected chi connectivity index (χ1v) is 10.7. The van der Waals surface area contributed by atoms with Crippen molar-refractivity contribution in [2.24, 2.45) is 0 Å². The van der Waals surface area contributed by atoms with E-state index >= 15 is 0 Å². The Morgan fingerprint density at radius 2 is 1.62 bits per heavy atom. The molecule has 3 aliphatic heterocycles. The summed E-state index contributed by atoms with van der Waals surface area (Å²) < 4.78 is 29.9. The Labute approximate surface area is 128 Å². The van der Waals surface area contributed by atoms with Gasteiger partial charge in [-0.1, -0.05) is 20.8 Å². The summed E-state index contributed by atoms with van der Waals surface area (Å²) in [4.78, 5) is 0. The summed E-state index contributed by atoms with van der Waals surface area (Å²) in [6.07, 6.45) is -0.579. The van der Waals surface area contributed by atoms with Gasteiger partial charge in [-0.2, -0.15) is 0 Å². The Balaban J connectivity index is 1.61. The lowest BCUT2D eigenvalue weighted by Crippen LogP contribution is -2.49. The second kappa shape index (κ2) is 4.76. The second-order valence-corrected chi connectivity index (χ2v) is 13.1. The molecule has 6 heteroatoms. The van der Waals surface area contributed by atoms with Gasteiger partial charge in [0.2, 0.25) is 0 Å². The summed E-state index contributed by atoms with van der Waals surface area (Å²) >= 11 is 0. The molecule has 0 radical (unpaired) electrons. The molecule has 0 amide bonds. The zero-order valence-electron chi connectivity index (χ0n) is 14.1. The first kappa shape index (κ1) is 15.9. The van der Waals surface area contributed by atoms with Gasteiger partial charge in [-0.15, -0.1) is 0 Å². The lowest BCUT2D eigenvalue weighted by atomic mass is 10.0. The molecule has 0 unspecified atom stereocenters. The van der Waals surface area contributed by atoms with E-state index < -0.39 is 14.1 Å². The first-order chi connectivity index (χ1) is 9.50. The first-order valence-electron chi connectivity index (χ1n) is 7.81. The fourth-order valence-electron chi connectivity index (χ4n) is 2.89. The largest absolute Gasteiger partial charge is 0.414 e. The molecule has 5 atom stereocenters. The van der Waals surface area contributed by atoms with E-state index in [9.17, 15) is 0 Å². The van der Waals surface area contributed by atoms with Gasteiger partial charge in [0.25, 0.3) is 0 Å². The van der Waals surface area contributed by atoms with Crippen molar-refractivity contribution in [3.63, 3.8) is 0 Å². The van der Waals surface area contributed by atoms with E-state index in [-0.39, 0.29) is 35.7 Å². The lowest BCUT2D eigenvalue weighted by Gasteiger charge is -2.37. The highest BCUT2D eigenvalue weighted by atomic mass is 28.4. The minimum atomic E-state index is -1.77. The second-order valence-electron chi connectivity index (χ2n) is 8.28. The van der Waals surface area contributed by atoms with Crippen molar-refractivity contribution in [3.05, 3.63) is 0 Å². The van der Waals surface area contributed by atoms with E-state index in [0.29, 0.717) is 6.61 Å². The molecule has 0 N–H and O–H groups in total. The van der Waals surface area contributed by atoms with Gasteiger partial charge in [-0.3, -0.25) is 0 Å². The maximum atomic E-state index is 6.27. The van der Waals surface area contributed by atoms with E-state index in [1.165, 1.54) is 0 Å². The summed E-state index contributed by atoms with van der Waals surface area (Å²) in [6.45, 7) is 15.7. The molecule has 0 aromatic carbocycles. The van der Waals surface area contributed by atoms with Crippen molar-refractivity contribution >= 4 is 8.32 Å². The SMILES string of the molecule is CC1(C)O[C@H]2[C@@H](O1)[C@H]1O[C@@H]2[C@H](CO[Si](C)(C)C(C)(C)C)O1. The summed E-state index contributed by atoms with van der Waals surface area (Å²) in [6, 6.07) is 0. The van der Waals surface area contributed by atoms with Crippen LogP contribution in [0.25, 0.3) is 0 Å². The Bertz CT molecular complexity index is 417. The van der Waals surface area contributed by atoms with E-state index in [1.807, 2.05) is 13.8 Å². The third-order valence-electron chi connectivity index (χ3n) is 5.14. The molecule has 2 bridgehead atoms. The molecule has 21 heavy (non-hydrogen) atoms. The van der Waals surface area contributed by atoms with Crippen LogP contribution in [0.3, 0.4) is 0 Å². The Hall–Kier alpha value is 0.0169. The molecular formula is C15H28O5Si. The Morgan fingerprint density at radius 1 is 1.00 bits per heavy atom. The van der Waals surface area contributed by atoms with Gasteiger partial charge in [0.1, 0.15) is 24.4 Å². The number of hydrogen-bond acceptors (Lipinski definition) is 5. The fraction of sp³-hybridized carbons (Fsp3) is 1.00. The highest BCUT2D eigenvalue weighted by molar-refractivity contribution is 6.74. The molecule has 0 aromatic rings. The van der Waals surface area contributed by atoms with Crippen molar-refractivity contribution in [1.29, 1.82) is 0 Å². The molecule has 0 aromatic heterocycles. The average molecular weight is 316 g/mol. The van der Waals surface area contributed by atoms with Crippen molar-refractivity contribution in [2.45, 2.75) is 89.2 Å². The summed E-state index contributed by atoms with van der Waals surface area (Å²) in [5, 5.41) is 0.197. The van der Waals surface area contributed by atoms with Gasteiger partial charge >= 0.3 is 0 Å². The van der Waals surface area contributed by atoms with Crippen LogP contribution in [0.5, 0.6) is 0 Å². The molecule has 3 fully saturated rings. The third-order valence-corrected chi connectivity index (χ3v) is 9.64. The van der Waals surface area contributed by atoms with Crippen LogP contribution in [0.2, 0.25) is 18.1 Å². The highest BCUT2D eigenvalue weighted by Gasteiger charge is 2.63. The van der Waals surface area contributed by atoms with Crippen LogP contribution in [0, 0.1) is 0 Å². The van der Waals surface area contributed by atoms with Crippen molar-refractivity contribution in [1.82, 2.24) is 0 Å². The van der Waals surface area contributed by atoms with Gasteiger partial charge in [0.05, 0.1) is 6.61 Å². The van der Waals surface area contributed by atoms with E-state index in [0.717, 1.165) is 0 Å². The number of rotatable bonds is 3. The predicted molar refractivity (Wildman–Crippen MR) is 80.5 cm³/mol. The number of hydrogen-bond donors (Lipinski definition) is 0. The summed E-state index contributed by atoms with van der Waals surface area (Å²) in [5.74, 6) is -0.547. The summed E-state index contributed by atoms with van der Waals surface area (Å²) in [5.41, 5.74) is 0. The zero-order valence-corrected chi connectivity index (χ0v) is 15.1. The number of fused-ring (bicyclic) bond motifs is 5. The summed E-state index contributed by atoms with van der Waals surface area (Å²) in [7, 11) is -1.77. The quantitative estimate of drug-likeness (QED) is 0.749. The molecule has 3 saturated heterocycles. The van der Waals surface area contributed by atoms with Gasteiger partial charge in [-0.05, 0) is 32.0 Å². The average Bonchev–Trinajstić information content (AvgIpc) is 2.92. The Kier molecular flexibility index (Phi) is 3.60. The van der Waals surface area contributed by atoms with Crippen LogP contribution in [0.1, 0.15) is 34.6 Å². The van der Waals surface area contributed by atoms with Crippen LogP contribution in [-0.4, -0.2) is 51.4 Å². The van der Waals surface area contributed by atoms with Crippen LogP contribution in [-0.2, 0) is 23.4 Å².